The van der Waals surface area contributed by atoms with Gasteiger partial charge in [-0.2, -0.15) is 0 Å². The van der Waals surface area contributed by atoms with Crippen LogP contribution in [0, 0.1) is 5.92 Å². The SMILES string of the molecule is CC[C@@H](CO)CCC(C)F. The molecule has 0 aromatic heterocycles. The minimum atomic E-state index is -0.722. The van der Waals surface area contributed by atoms with Crippen molar-refractivity contribution in [2.75, 3.05) is 6.61 Å². The number of aliphatic hydroxyl groups is 1. The van der Waals surface area contributed by atoms with Gasteiger partial charge in [0.15, 0.2) is 0 Å². The molecule has 0 amide bonds. The molecule has 1 N–H and O–H groups in total. The molecule has 0 bridgehead atoms. The Kier molecular flexibility index (Phi) is 5.60. The molecule has 2 heteroatoms. The van der Waals surface area contributed by atoms with Gasteiger partial charge in [0.05, 0.1) is 6.17 Å². The molecule has 0 aliphatic carbocycles. The van der Waals surface area contributed by atoms with Gasteiger partial charge in [0.1, 0.15) is 0 Å². The van der Waals surface area contributed by atoms with Gasteiger partial charge >= 0.3 is 0 Å². The van der Waals surface area contributed by atoms with E-state index >= 15 is 0 Å². The van der Waals surface area contributed by atoms with Crippen LogP contribution in [-0.2, 0) is 0 Å². The number of rotatable bonds is 5. The number of hydrogen-bond acceptors (Lipinski definition) is 1. The van der Waals surface area contributed by atoms with Gasteiger partial charge in [-0.25, -0.2) is 4.39 Å². The lowest BCUT2D eigenvalue weighted by molar-refractivity contribution is 0.200. The number of alkyl halides is 1. The van der Waals surface area contributed by atoms with Crippen LogP contribution in [0.3, 0.4) is 0 Å². The lowest BCUT2D eigenvalue weighted by Crippen LogP contribution is -2.06. The van der Waals surface area contributed by atoms with Crippen LogP contribution in [0.25, 0.3) is 0 Å². The molecule has 0 aliphatic heterocycles. The van der Waals surface area contributed by atoms with Crippen LogP contribution < -0.4 is 0 Å². The van der Waals surface area contributed by atoms with Crippen LogP contribution in [0.2, 0.25) is 0 Å². The highest BCUT2D eigenvalue weighted by molar-refractivity contribution is 4.57. The van der Waals surface area contributed by atoms with E-state index in [9.17, 15) is 4.39 Å². The van der Waals surface area contributed by atoms with Crippen molar-refractivity contribution in [3.63, 3.8) is 0 Å². The lowest BCUT2D eigenvalue weighted by atomic mass is 10.0. The summed E-state index contributed by atoms with van der Waals surface area (Å²) in [6.07, 6.45) is 1.62. The Morgan fingerprint density at radius 2 is 2.00 bits per heavy atom. The third-order valence-electron chi connectivity index (χ3n) is 1.81. The van der Waals surface area contributed by atoms with E-state index in [2.05, 4.69) is 0 Å². The first-order chi connectivity index (χ1) is 4.70. The molecule has 0 aliphatic rings. The fourth-order valence-electron chi connectivity index (χ4n) is 0.890. The minimum Gasteiger partial charge on any atom is -0.396 e. The monoisotopic (exact) mass is 148 g/mol. The van der Waals surface area contributed by atoms with Crippen molar-refractivity contribution in [2.45, 2.75) is 39.3 Å². The second kappa shape index (κ2) is 5.66. The maximum atomic E-state index is 12.3. The average molecular weight is 148 g/mol. The summed E-state index contributed by atoms with van der Waals surface area (Å²) in [5, 5.41) is 8.72. The Hall–Kier alpha value is -0.110. The number of hydrogen-bond donors (Lipinski definition) is 1. The van der Waals surface area contributed by atoms with Gasteiger partial charge in [-0.05, 0) is 25.7 Å². The zero-order valence-electron chi connectivity index (χ0n) is 6.81. The van der Waals surface area contributed by atoms with Gasteiger partial charge in [0.2, 0.25) is 0 Å². The highest BCUT2D eigenvalue weighted by atomic mass is 19.1. The van der Waals surface area contributed by atoms with E-state index in [0.29, 0.717) is 12.3 Å². The van der Waals surface area contributed by atoms with Crippen LogP contribution in [0.4, 0.5) is 4.39 Å². The van der Waals surface area contributed by atoms with Gasteiger partial charge in [0, 0.05) is 6.61 Å². The second-order valence-corrected chi connectivity index (χ2v) is 2.81. The predicted molar refractivity (Wildman–Crippen MR) is 40.7 cm³/mol. The summed E-state index contributed by atoms with van der Waals surface area (Å²) < 4.78 is 12.3. The normalized spacial score (nSPS) is 16.8. The summed E-state index contributed by atoms with van der Waals surface area (Å²) >= 11 is 0. The smallest absolute Gasteiger partial charge is 0.0973 e. The Morgan fingerprint density at radius 1 is 1.40 bits per heavy atom. The zero-order chi connectivity index (χ0) is 7.98. The van der Waals surface area contributed by atoms with Crippen molar-refractivity contribution in [3.05, 3.63) is 0 Å². The van der Waals surface area contributed by atoms with Crippen molar-refractivity contribution >= 4 is 0 Å². The van der Waals surface area contributed by atoms with E-state index in [1.165, 1.54) is 0 Å². The summed E-state index contributed by atoms with van der Waals surface area (Å²) in [7, 11) is 0. The molecule has 2 atom stereocenters. The third kappa shape index (κ3) is 4.74. The second-order valence-electron chi connectivity index (χ2n) is 2.81. The summed E-state index contributed by atoms with van der Waals surface area (Å²) in [5.74, 6) is 0.304. The Bertz CT molecular complexity index is 69.7. The maximum absolute atomic E-state index is 12.3. The van der Waals surface area contributed by atoms with Gasteiger partial charge in [-0.3, -0.25) is 0 Å². The van der Waals surface area contributed by atoms with Gasteiger partial charge in [-0.15, -0.1) is 0 Å². The lowest BCUT2D eigenvalue weighted by Gasteiger charge is -2.10. The fraction of sp³-hybridized carbons (Fsp3) is 1.00. The highest BCUT2D eigenvalue weighted by Crippen LogP contribution is 2.12. The van der Waals surface area contributed by atoms with E-state index < -0.39 is 6.17 Å². The Labute approximate surface area is 62.3 Å². The van der Waals surface area contributed by atoms with Crippen molar-refractivity contribution in [3.8, 4) is 0 Å². The Balaban J connectivity index is 3.26. The molecule has 0 saturated heterocycles. The largest absolute Gasteiger partial charge is 0.396 e. The number of aliphatic hydroxyl groups excluding tert-OH is 1. The van der Waals surface area contributed by atoms with Gasteiger partial charge in [-0.1, -0.05) is 13.3 Å². The molecule has 10 heavy (non-hydrogen) atoms. The molecule has 0 saturated carbocycles. The topological polar surface area (TPSA) is 20.2 Å². The molecule has 0 fully saturated rings. The fourth-order valence-corrected chi connectivity index (χ4v) is 0.890. The molecular weight excluding hydrogens is 131 g/mol. The summed E-state index contributed by atoms with van der Waals surface area (Å²) in [4.78, 5) is 0. The maximum Gasteiger partial charge on any atom is 0.0973 e. The quantitative estimate of drug-likeness (QED) is 0.633. The summed E-state index contributed by atoms with van der Waals surface area (Å²) in [6, 6.07) is 0. The summed E-state index contributed by atoms with van der Waals surface area (Å²) in [6.45, 7) is 3.77. The average Bonchev–Trinajstić information content (AvgIpc) is 1.90. The molecule has 0 aromatic rings. The molecule has 0 spiro atoms. The molecule has 0 rings (SSSR count). The first-order valence-corrected chi connectivity index (χ1v) is 3.95. The Morgan fingerprint density at radius 3 is 2.30 bits per heavy atom. The molecule has 0 heterocycles. The van der Waals surface area contributed by atoms with E-state index in [1.54, 1.807) is 6.92 Å². The van der Waals surface area contributed by atoms with Gasteiger partial charge < -0.3 is 5.11 Å². The van der Waals surface area contributed by atoms with E-state index in [0.717, 1.165) is 12.8 Å². The van der Waals surface area contributed by atoms with Crippen molar-refractivity contribution in [1.29, 1.82) is 0 Å². The van der Waals surface area contributed by atoms with Crippen LogP contribution in [0.1, 0.15) is 33.1 Å². The molecule has 1 unspecified atom stereocenters. The molecular formula is C8H17FO. The summed E-state index contributed by atoms with van der Waals surface area (Å²) in [5.41, 5.74) is 0. The predicted octanol–water partition coefficient (Wildman–Crippen LogP) is 2.14. The molecule has 0 aromatic carbocycles. The molecule has 1 nitrogen and oxygen atoms in total. The van der Waals surface area contributed by atoms with Crippen molar-refractivity contribution < 1.29 is 9.50 Å². The molecule has 0 radical (unpaired) electrons. The minimum absolute atomic E-state index is 0.198. The number of halogens is 1. The third-order valence-corrected chi connectivity index (χ3v) is 1.81. The standard InChI is InChI=1S/C8H17FO/c1-3-8(6-10)5-4-7(2)9/h7-8,10H,3-6H2,1-2H3/t7?,8-/m1/s1. The zero-order valence-corrected chi connectivity index (χ0v) is 6.81. The van der Waals surface area contributed by atoms with E-state index in [-0.39, 0.29) is 6.61 Å². The van der Waals surface area contributed by atoms with Crippen LogP contribution in [0.15, 0.2) is 0 Å². The van der Waals surface area contributed by atoms with Gasteiger partial charge in [0.25, 0.3) is 0 Å². The van der Waals surface area contributed by atoms with E-state index in [4.69, 9.17) is 5.11 Å². The molecule has 62 valence electrons. The van der Waals surface area contributed by atoms with E-state index in [1.807, 2.05) is 6.92 Å². The van der Waals surface area contributed by atoms with Crippen LogP contribution >= 0.6 is 0 Å². The van der Waals surface area contributed by atoms with Crippen molar-refractivity contribution in [1.82, 2.24) is 0 Å². The van der Waals surface area contributed by atoms with Crippen molar-refractivity contribution in [2.24, 2.45) is 5.92 Å². The van der Waals surface area contributed by atoms with Crippen LogP contribution in [0.5, 0.6) is 0 Å². The first kappa shape index (κ1) is 9.89. The first-order valence-electron chi connectivity index (χ1n) is 3.95. The van der Waals surface area contributed by atoms with Crippen LogP contribution in [-0.4, -0.2) is 17.9 Å². The highest BCUT2D eigenvalue weighted by Gasteiger charge is 2.06.